The van der Waals surface area contributed by atoms with E-state index < -0.39 is 5.60 Å². The van der Waals surface area contributed by atoms with Gasteiger partial charge in [0.2, 0.25) is 0 Å². The zero-order chi connectivity index (χ0) is 26.0. The van der Waals surface area contributed by atoms with Gasteiger partial charge in [-0.2, -0.15) is 0 Å². The highest BCUT2D eigenvalue weighted by Gasteiger charge is 2.37. The van der Waals surface area contributed by atoms with Gasteiger partial charge in [0.1, 0.15) is 18.0 Å². The van der Waals surface area contributed by atoms with Gasteiger partial charge in [-0.25, -0.2) is 0 Å². The van der Waals surface area contributed by atoms with Crippen molar-refractivity contribution in [3.8, 4) is 22.8 Å². The van der Waals surface area contributed by atoms with Crippen molar-refractivity contribution in [2.24, 2.45) is 5.92 Å². The van der Waals surface area contributed by atoms with Gasteiger partial charge >= 0.3 is 5.97 Å². The van der Waals surface area contributed by atoms with Gasteiger partial charge in [0, 0.05) is 6.07 Å². The first-order chi connectivity index (χ1) is 17.1. The van der Waals surface area contributed by atoms with Gasteiger partial charge in [-0.15, -0.1) is 0 Å². The molecule has 36 heavy (non-hydrogen) atoms. The lowest BCUT2D eigenvalue weighted by atomic mass is 9.82. The van der Waals surface area contributed by atoms with Crippen LogP contribution in [-0.4, -0.2) is 38.0 Å². The molecule has 2 aromatic carbocycles. The second-order valence-electron chi connectivity index (χ2n) is 9.59. The molecule has 9 heteroatoms. The Hall–Kier alpha value is -2.55. The molecule has 0 unspecified atom stereocenters. The number of halogens is 2. The smallest absolute Gasteiger partial charge is 0.309 e. The standard InChI is InChI=1S/C27H28BrClO7/c1-27(2,3)36-26(31)15-12-16(13-15)33-10-11-34-25-19(28)9-8-18(24(25)32-4)22-14-21(30)17-6-5-7-20(29)23(17)35-22/h5-9,14-16H,10-13H2,1-4H3/t15-,16+. The number of benzene rings is 2. The van der Waals surface area contributed by atoms with Crippen LogP contribution in [0, 0.1) is 5.92 Å². The molecule has 0 aliphatic heterocycles. The molecule has 192 valence electrons. The number of ether oxygens (including phenoxy) is 4. The number of para-hydroxylation sites is 1. The molecule has 0 bridgehead atoms. The molecule has 0 atom stereocenters. The van der Waals surface area contributed by atoms with E-state index >= 15 is 0 Å². The zero-order valence-electron chi connectivity index (χ0n) is 20.6. The fourth-order valence-electron chi connectivity index (χ4n) is 3.98. The maximum Gasteiger partial charge on any atom is 0.309 e. The van der Waals surface area contributed by atoms with Crippen molar-refractivity contribution in [1.29, 1.82) is 0 Å². The Kier molecular flexibility index (Phi) is 7.97. The van der Waals surface area contributed by atoms with E-state index in [0.29, 0.717) is 62.7 Å². The second-order valence-corrected chi connectivity index (χ2v) is 10.9. The molecular weight excluding hydrogens is 552 g/mol. The van der Waals surface area contributed by atoms with Gasteiger partial charge in [0.25, 0.3) is 0 Å². The Labute approximate surface area is 222 Å². The third kappa shape index (κ3) is 5.88. The molecule has 0 saturated heterocycles. The molecule has 0 amide bonds. The van der Waals surface area contributed by atoms with Gasteiger partial charge in [0.15, 0.2) is 22.5 Å². The predicted molar refractivity (Wildman–Crippen MR) is 141 cm³/mol. The average molecular weight is 580 g/mol. The van der Waals surface area contributed by atoms with Gasteiger partial charge < -0.3 is 23.4 Å². The van der Waals surface area contributed by atoms with Crippen LogP contribution in [0.2, 0.25) is 5.02 Å². The van der Waals surface area contributed by atoms with E-state index in [1.807, 2.05) is 20.8 Å². The first-order valence-electron chi connectivity index (χ1n) is 11.6. The summed E-state index contributed by atoms with van der Waals surface area (Å²) in [5.74, 6) is 0.888. The number of esters is 1. The van der Waals surface area contributed by atoms with Crippen molar-refractivity contribution in [3.63, 3.8) is 0 Å². The van der Waals surface area contributed by atoms with Crippen LogP contribution in [0.5, 0.6) is 11.5 Å². The average Bonchev–Trinajstić information content (AvgIpc) is 2.77. The summed E-state index contributed by atoms with van der Waals surface area (Å²) < 4.78 is 29.6. The summed E-state index contributed by atoms with van der Waals surface area (Å²) in [5.41, 5.74) is 0.168. The third-order valence-corrected chi connectivity index (χ3v) is 6.68. The highest BCUT2D eigenvalue weighted by Crippen LogP contribution is 2.43. The molecule has 1 heterocycles. The van der Waals surface area contributed by atoms with Crippen molar-refractivity contribution in [1.82, 2.24) is 0 Å². The summed E-state index contributed by atoms with van der Waals surface area (Å²) in [6, 6.07) is 10.0. The minimum absolute atomic E-state index is 0.000544. The first-order valence-corrected chi connectivity index (χ1v) is 12.8. The minimum Gasteiger partial charge on any atom is -0.492 e. The normalized spacial score (nSPS) is 17.5. The van der Waals surface area contributed by atoms with E-state index in [0.717, 1.165) is 0 Å². The van der Waals surface area contributed by atoms with Crippen molar-refractivity contribution < 1.29 is 28.2 Å². The Morgan fingerprint density at radius 3 is 2.58 bits per heavy atom. The Balaban J connectivity index is 1.42. The van der Waals surface area contributed by atoms with Gasteiger partial charge in [-0.3, -0.25) is 9.59 Å². The number of rotatable bonds is 8. The monoisotopic (exact) mass is 578 g/mol. The van der Waals surface area contributed by atoms with E-state index in [9.17, 15) is 9.59 Å². The van der Waals surface area contributed by atoms with E-state index in [1.165, 1.54) is 13.2 Å². The summed E-state index contributed by atoms with van der Waals surface area (Å²) in [6.45, 7) is 6.18. The highest BCUT2D eigenvalue weighted by molar-refractivity contribution is 9.10. The van der Waals surface area contributed by atoms with Crippen molar-refractivity contribution >= 4 is 44.5 Å². The Morgan fingerprint density at radius 1 is 1.14 bits per heavy atom. The van der Waals surface area contributed by atoms with Crippen molar-refractivity contribution in [2.75, 3.05) is 20.3 Å². The van der Waals surface area contributed by atoms with Crippen LogP contribution in [0.1, 0.15) is 33.6 Å². The number of hydrogen-bond donors (Lipinski definition) is 0. The second kappa shape index (κ2) is 10.8. The lowest BCUT2D eigenvalue weighted by Crippen LogP contribution is -2.40. The van der Waals surface area contributed by atoms with Crippen LogP contribution in [-0.2, 0) is 14.3 Å². The maximum absolute atomic E-state index is 12.7. The fourth-order valence-corrected chi connectivity index (χ4v) is 4.62. The summed E-state index contributed by atoms with van der Waals surface area (Å²) in [6.07, 6.45) is 1.28. The van der Waals surface area contributed by atoms with Crippen LogP contribution in [0.3, 0.4) is 0 Å². The molecular formula is C27H28BrClO7. The molecule has 1 aliphatic rings. The molecule has 3 aromatic rings. The molecule has 0 spiro atoms. The highest BCUT2D eigenvalue weighted by atomic mass is 79.9. The van der Waals surface area contributed by atoms with Crippen LogP contribution < -0.4 is 14.9 Å². The number of carbonyl (C=O) groups is 1. The predicted octanol–water partition coefficient (Wildman–Crippen LogP) is 6.40. The molecule has 4 rings (SSSR count). The van der Waals surface area contributed by atoms with Crippen LogP contribution >= 0.6 is 27.5 Å². The Bertz CT molecular complexity index is 1320. The summed E-state index contributed by atoms with van der Waals surface area (Å²) in [7, 11) is 1.52. The van der Waals surface area contributed by atoms with E-state index in [2.05, 4.69) is 15.9 Å². The maximum atomic E-state index is 12.7. The zero-order valence-corrected chi connectivity index (χ0v) is 22.9. The Morgan fingerprint density at radius 2 is 1.89 bits per heavy atom. The summed E-state index contributed by atoms with van der Waals surface area (Å²) in [5, 5.41) is 0.752. The molecule has 7 nitrogen and oxygen atoms in total. The largest absolute Gasteiger partial charge is 0.492 e. The molecule has 0 radical (unpaired) electrons. The molecule has 1 aromatic heterocycles. The quantitative estimate of drug-likeness (QED) is 0.225. The summed E-state index contributed by atoms with van der Waals surface area (Å²) >= 11 is 9.77. The van der Waals surface area contributed by atoms with Crippen LogP contribution in [0.15, 0.2) is 50.1 Å². The number of methoxy groups -OCH3 is 1. The van der Waals surface area contributed by atoms with Gasteiger partial charge in [-0.1, -0.05) is 17.7 Å². The fraction of sp³-hybridized carbons (Fsp3) is 0.407. The number of fused-ring (bicyclic) bond motifs is 1. The van der Waals surface area contributed by atoms with Crippen molar-refractivity contribution in [3.05, 3.63) is 56.1 Å². The number of carbonyl (C=O) groups excluding carboxylic acids is 1. The van der Waals surface area contributed by atoms with Gasteiger partial charge in [-0.05, 0) is 73.8 Å². The molecule has 1 fully saturated rings. The SMILES string of the molecule is COc1c(-c2cc(=O)c3cccc(Cl)c3o2)ccc(Br)c1OCCO[C@H]1C[C@@H](C(=O)OC(C)(C)C)C1. The molecule has 1 aliphatic carbocycles. The molecule has 0 N–H and O–H groups in total. The van der Waals surface area contributed by atoms with E-state index in [4.69, 9.17) is 35.0 Å². The van der Waals surface area contributed by atoms with E-state index in [1.54, 1.807) is 30.3 Å². The van der Waals surface area contributed by atoms with Gasteiger partial charge in [0.05, 0.1) is 46.2 Å². The van der Waals surface area contributed by atoms with E-state index in [-0.39, 0.29) is 30.0 Å². The molecule has 1 saturated carbocycles. The lowest BCUT2D eigenvalue weighted by Gasteiger charge is -2.35. The lowest BCUT2D eigenvalue weighted by molar-refractivity contribution is -0.169. The first kappa shape index (κ1) is 26.5. The topological polar surface area (TPSA) is 84.2 Å². The van der Waals surface area contributed by atoms with Crippen molar-refractivity contribution in [2.45, 2.75) is 45.3 Å². The van der Waals surface area contributed by atoms with Crippen LogP contribution in [0.4, 0.5) is 0 Å². The summed E-state index contributed by atoms with van der Waals surface area (Å²) in [4.78, 5) is 24.8. The van der Waals surface area contributed by atoms with Crippen LogP contribution in [0.25, 0.3) is 22.3 Å². The minimum atomic E-state index is -0.487. The number of hydrogen-bond acceptors (Lipinski definition) is 7. The third-order valence-electron chi connectivity index (χ3n) is 5.76.